The van der Waals surface area contributed by atoms with E-state index in [0.717, 1.165) is 12.1 Å². The Hall–Kier alpha value is -2.58. The van der Waals surface area contributed by atoms with Crippen LogP contribution < -0.4 is 5.32 Å². The summed E-state index contributed by atoms with van der Waals surface area (Å²) in [6, 6.07) is 4.43. The lowest BCUT2D eigenvalue weighted by Crippen LogP contribution is -2.51. The summed E-state index contributed by atoms with van der Waals surface area (Å²) in [6.45, 7) is 0.876. The number of nitrogens with zero attached hydrogens (tertiary/aromatic N) is 2. The smallest absolute Gasteiger partial charge is 0.342 e. The second kappa shape index (κ2) is 6.67. The van der Waals surface area contributed by atoms with E-state index in [2.05, 4.69) is 0 Å². The van der Waals surface area contributed by atoms with E-state index in [-0.39, 0.29) is 26.2 Å². The zero-order valence-corrected chi connectivity index (χ0v) is 12.0. The highest BCUT2D eigenvalue weighted by Crippen LogP contribution is 2.34. The number of nitrogens with one attached hydrogen (secondary N) is 1. The molecule has 1 aliphatic rings. The second-order valence-corrected chi connectivity index (χ2v) is 4.93. The van der Waals surface area contributed by atoms with Gasteiger partial charge in [-0.2, -0.15) is 13.2 Å². The van der Waals surface area contributed by atoms with Crippen LogP contribution in [0.15, 0.2) is 24.3 Å². The third-order valence-corrected chi connectivity index (χ3v) is 3.43. The third kappa shape index (κ3) is 3.99. The van der Waals surface area contributed by atoms with Crippen LogP contribution in [0.4, 0.5) is 18.9 Å². The molecule has 9 heteroatoms. The summed E-state index contributed by atoms with van der Waals surface area (Å²) in [5, 5.41) is 2.01. The van der Waals surface area contributed by atoms with Gasteiger partial charge in [-0.3, -0.25) is 14.4 Å². The Morgan fingerprint density at radius 1 is 1.09 bits per heavy atom. The van der Waals surface area contributed by atoms with Crippen molar-refractivity contribution in [1.82, 2.24) is 9.80 Å². The molecule has 0 aliphatic carbocycles. The van der Waals surface area contributed by atoms with Gasteiger partial charge in [0.2, 0.25) is 6.41 Å². The Kier molecular flexibility index (Phi) is 4.87. The zero-order valence-electron chi connectivity index (χ0n) is 12.0. The summed E-state index contributed by atoms with van der Waals surface area (Å²) in [5.74, 6) is -2.06. The van der Waals surface area contributed by atoms with Gasteiger partial charge in [-0.25, -0.2) is 0 Å². The number of piperazine rings is 1. The predicted molar refractivity (Wildman–Crippen MR) is 74.3 cm³/mol. The molecule has 0 atom stereocenters. The second-order valence-electron chi connectivity index (χ2n) is 4.93. The third-order valence-electron chi connectivity index (χ3n) is 3.43. The number of anilines is 1. The van der Waals surface area contributed by atoms with E-state index in [1.54, 1.807) is 0 Å². The van der Waals surface area contributed by atoms with Gasteiger partial charge >= 0.3 is 18.0 Å². The Bertz CT molecular complexity index is 611. The van der Waals surface area contributed by atoms with Crippen LogP contribution >= 0.6 is 0 Å². The van der Waals surface area contributed by atoms with Crippen molar-refractivity contribution in [3.63, 3.8) is 0 Å². The zero-order chi connectivity index (χ0) is 17.0. The minimum absolute atomic E-state index is 0.159. The first-order valence-corrected chi connectivity index (χ1v) is 6.78. The first-order valence-electron chi connectivity index (χ1n) is 6.78. The highest BCUT2D eigenvalue weighted by atomic mass is 19.4. The van der Waals surface area contributed by atoms with Crippen molar-refractivity contribution >= 4 is 23.9 Å². The standard InChI is InChI=1S/C14H14F3N3O3/c15-14(16,17)10-3-1-2-4-11(10)18-12(22)13(23)20-7-5-19(9-21)6-8-20/h1-4,9H,5-8H2,(H,18,22). The molecule has 1 N–H and O–H groups in total. The van der Waals surface area contributed by atoms with E-state index < -0.39 is 29.2 Å². The van der Waals surface area contributed by atoms with Crippen molar-refractivity contribution in [2.45, 2.75) is 6.18 Å². The highest BCUT2D eigenvalue weighted by Gasteiger charge is 2.34. The number of para-hydroxylation sites is 1. The number of carbonyl (C=O) groups is 3. The monoisotopic (exact) mass is 329 g/mol. The van der Waals surface area contributed by atoms with Gasteiger partial charge in [0.25, 0.3) is 0 Å². The summed E-state index contributed by atoms with van der Waals surface area (Å²) >= 11 is 0. The van der Waals surface area contributed by atoms with Gasteiger partial charge in [0.15, 0.2) is 0 Å². The van der Waals surface area contributed by atoms with Gasteiger partial charge in [0.05, 0.1) is 11.3 Å². The Morgan fingerprint density at radius 3 is 2.26 bits per heavy atom. The number of benzene rings is 1. The summed E-state index contributed by atoms with van der Waals surface area (Å²) < 4.78 is 38.6. The molecule has 124 valence electrons. The molecule has 0 radical (unpaired) electrons. The van der Waals surface area contributed by atoms with Crippen LogP contribution in [0.1, 0.15) is 5.56 Å². The molecule has 1 aromatic rings. The SMILES string of the molecule is O=CN1CCN(C(=O)C(=O)Nc2ccccc2C(F)(F)F)CC1. The van der Waals surface area contributed by atoms with Crippen molar-refractivity contribution in [2.75, 3.05) is 31.5 Å². The lowest BCUT2D eigenvalue weighted by Gasteiger charge is -2.32. The lowest BCUT2D eigenvalue weighted by atomic mass is 10.1. The molecule has 0 spiro atoms. The van der Waals surface area contributed by atoms with Crippen LogP contribution in [-0.4, -0.2) is 54.2 Å². The molecule has 2 rings (SSSR count). The highest BCUT2D eigenvalue weighted by molar-refractivity contribution is 6.39. The molecule has 0 unspecified atom stereocenters. The van der Waals surface area contributed by atoms with Gasteiger partial charge in [-0.1, -0.05) is 12.1 Å². The minimum atomic E-state index is -4.64. The minimum Gasteiger partial charge on any atom is -0.342 e. The number of carbonyl (C=O) groups excluding carboxylic acids is 3. The molecule has 0 saturated carbocycles. The molecule has 0 bridgehead atoms. The van der Waals surface area contributed by atoms with Gasteiger partial charge in [-0.05, 0) is 12.1 Å². The van der Waals surface area contributed by atoms with E-state index in [1.807, 2.05) is 5.32 Å². The Morgan fingerprint density at radius 2 is 1.70 bits per heavy atom. The molecule has 1 heterocycles. The maximum absolute atomic E-state index is 12.9. The quantitative estimate of drug-likeness (QED) is 0.649. The van der Waals surface area contributed by atoms with Gasteiger partial charge in [0.1, 0.15) is 0 Å². The maximum atomic E-state index is 12.9. The van der Waals surface area contributed by atoms with Crippen LogP contribution in [0, 0.1) is 0 Å². The van der Waals surface area contributed by atoms with Crippen LogP contribution in [0.3, 0.4) is 0 Å². The molecule has 1 aliphatic heterocycles. The van der Waals surface area contributed by atoms with E-state index in [0.29, 0.717) is 6.41 Å². The largest absolute Gasteiger partial charge is 0.418 e. The molecule has 0 aromatic heterocycles. The molecule has 6 nitrogen and oxygen atoms in total. The molecular weight excluding hydrogens is 315 g/mol. The maximum Gasteiger partial charge on any atom is 0.418 e. The molecule has 1 saturated heterocycles. The van der Waals surface area contributed by atoms with Crippen molar-refractivity contribution in [3.8, 4) is 0 Å². The van der Waals surface area contributed by atoms with E-state index in [4.69, 9.17) is 0 Å². The lowest BCUT2D eigenvalue weighted by molar-refractivity contribution is -0.145. The molecule has 1 aromatic carbocycles. The van der Waals surface area contributed by atoms with Gasteiger partial charge < -0.3 is 15.1 Å². The molecule has 23 heavy (non-hydrogen) atoms. The van der Waals surface area contributed by atoms with E-state index >= 15 is 0 Å². The number of amides is 3. The Balaban J connectivity index is 2.05. The summed E-state index contributed by atoms with van der Waals surface area (Å²) in [5.41, 5.74) is -1.49. The fraction of sp³-hybridized carbons (Fsp3) is 0.357. The fourth-order valence-corrected chi connectivity index (χ4v) is 2.19. The van der Waals surface area contributed by atoms with Gasteiger partial charge in [0, 0.05) is 26.2 Å². The number of rotatable bonds is 2. The molecular formula is C14H14F3N3O3. The molecule has 1 fully saturated rings. The number of hydrogen-bond donors (Lipinski definition) is 1. The van der Waals surface area contributed by atoms with Crippen molar-refractivity contribution in [2.24, 2.45) is 0 Å². The number of halogens is 3. The Labute approximate surface area is 129 Å². The topological polar surface area (TPSA) is 69.7 Å². The van der Waals surface area contributed by atoms with E-state index in [9.17, 15) is 27.6 Å². The van der Waals surface area contributed by atoms with Crippen LogP contribution in [0.25, 0.3) is 0 Å². The molecule has 3 amide bonds. The normalized spacial score (nSPS) is 15.3. The fourth-order valence-electron chi connectivity index (χ4n) is 2.19. The first-order chi connectivity index (χ1) is 10.8. The number of alkyl halides is 3. The summed E-state index contributed by atoms with van der Waals surface area (Å²) in [6.07, 6.45) is -4.00. The van der Waals surface area contributed by atoms with E-state index in [1.165, 1.54) is 21.9 Å². The van der Waals surface area contributed by atoms with Crippen molar-refractivity contribution in [1.29, 1.82) is 0 Å². The van der Waals surface area contributed by atoms with Crippen molar-refractivity contribution in [3.05, 3.63) is 29.8 Å². The average Bonchev–Trinajstić information content (AvgIpc) is 2.53. The average molecular weight is 329 g/mol. The van der Waals surface area contributed by atoms with Crippen LogP contribution in [0.5, 0.6) is 0 Å². The summed E-state index contributed by atoms with van der Waals surface area (Å²) in [7, 11) is 0. The predicted octanol–water partition coefficient (Wildman–Crippen LogP) is 0.945. The first kappa shape index (κ1) is 16.8. The van der Waals surface area contributed by atoms with Crippen LogP contribution in [-0.2, 0) is 20.6 Å². The van der Waals surface area contributed by atoms with Gasteiger partial charge in [-0.15, -0.1) is 0 Å². The van der Waals surface area contributed by atoms with Crippen LogP contribution in [0.2, 0.25) is 0 Å². The summed E-state index contributed by atoms with van der Waals surface area (Å²) in [4.78, 5) is 37.1. The number of hydrogen-bond acceptors (Lipinski definition) is 3. The van der Waals surface area contributed by atoms with Crippen molar-refractivity contribution < 1.29 is 27.6 Å².